The Hall–Kier alpha value is -3.46. The highest BCUT2D eigenvalue weighted by atomic mass is 16.5. The minimum atomic E-state index is -0.251. The summed E-state index contributed by atoms with van der Waals surface area (Å²) in [7, 11) is 1.65. The van der Waals surface area contributed by atoms with Crippen molar-refractivity contribution in [2.24, 2.45) is 5.92 Å². The number of aryl methyl sites for hydroxylation is 1. The monoisotopic (exact) mass is 374 g/mol. The maximum Gasteiger partial charge on any atom is 0.275 e. The van der Waals surface area contributed by atoms with Gasteiger partial charge in [-0.05, 0) is 48.7 Å². The Kier molecular flexibility index (Phi) is 4.23. The maximum atomic E-state index is 13.2. The summed E-state index contributed by atoms with van der Waals surface area (Å²) >= 11 is 0. The van der Waals surface area contributed by atoms with Crippen molar-refractivity contribution >= 4 is 21.8 Å². The van der Waals surface area contributed by atoms with Gasteiger partial charge in [-0.1, -0.05) is 13.8 Å². The molecule has 0 saturated carbocycles. The van der Waals surface area contributed by atoms with Crippen molar-refractivity contribution in [1.82, 2.24) is 14.8 Å². The number of ether oxygens (including phenoxy) is 1. The number of aromatic nitrogens is 3. The van der Waals surface area contributed by atoms with Crippen molar-refractivity contribution in [2.45, 2.75) is 26.8 Å². The molecule has 6 heteroatoms. The fraction of sp³-hybridized carbons (Fsp3) is 0.273. The molecule has 4 rings (SSSR count). The zero-order valence-corrected chi connectivity index (χ0v) is 16.3. The summed E-state index contributed by atoms with van der Waals surface area (Å²) in [6.07, 6.45) is 1.91. The summed E-state index contributed by atoms with van der Waals surface area (Å²) < 4.78 is 7.38. The molecule has 2 aromatic heterocycles. The van der Waals surface area contributed by atoms with Gasteiger partial charge < -0.3 is 9.72 Å². The lowest BCUT2D eigenvalue weighted by Gasteiger charge is -2.25. The van der Waals surface area contributed by atoms with Crippen LogP contribution in [0.2, 0.25) is 0 Å². The Morgan fingerprint density at radius 3 is 2.64 bits per heavy atom. The molecule has 0 spiro atoms. The molecule has 0 aliphatic carbocycles. The molecule has 0 saturated heterocycles. The van der Waals surface area contributed by atoms with Crippen LogP contribution in [0.4, 0.5) is 0 Å². The quantitative estimate of drug-likeness (QED) is 0.560. The molecular weight excluding hydrogens is 352 g/mol. The van der Waals surface area contributed by atoms with E-state index in [9.17, 15) is 10.1 Å². The second-order valence-electron chi connectivity index (χ2n) is 7.42. The number of fused-ring (bicyclic) bond motifs is 2. The fourth-order valence-electron chi connectivity index (χ4n) is 4.03. The summed E-state index contributed by atoms with van der Waals surface area (Å²) in [5, 5.41) is 14.0. The van der Waals surface area contributed by atoms with Gasteiger partial charge in [-0.3, -0.25) is 9.89 Å². The summed E-state index contributed by atoms with van der Waals surface area (Å²) in [4.78, 5) is 16.5. The molecule has 0 radical (unpaired) electrons. The largest absolute Gasteiger partial charge is 0.496 e. The van der Waals surface area contributed by atoms with E-state index in [1.165, 1.54) is 0 Å². The highest BCUT2D eigenvalue weighted by Gasteiger charge is 2.28. The van der Waals surface area contributed by atoms with Crippen LogP contribution in [0, 0.1) is 24.2 Å². The third kappa shape index (κ3) is 2.59. The molecule has 2 heterocycles. The second kappa shape index (κ2) is 6.61. The number of benzene rings is 2. The fourth-order valence-corrected chi connectivity index (χ4v) is 4.03. The highest BCUT2D eigenvalue weighted by molar-refractivity contribution is 5.89. The van der Waals surface area contributed by atoms with E-state index in [4.69, 9.17) is 4.74 Å². The summed E-state index contributed by atoms with van der Waals surface area (Å²) in [6.45, 7) is 6.20. The molecule has 0 fully saturated rings. The minimum absolute atomic E-state index is 0.121. The van der Waals surface area contributed by atoms with Crippen molar-refractivity contribution in [3.8, 4) is 11.8 Å². The van der Waals surface area contributed by atoms with E-state index in [-0.39, 0.29) is 17.5 Å². The van der Waals surface area contributed by atoms with Gasteiger partial charge in [-0.25, -0.2) is 4.68 Å². The van der Waals surface area contributed by atoms with E-state index >= 15 is 0 Å². The van der Waals surface area contributed by atoms with E-state index in [1.807, 2.05) is 25.3 Å². The second-order valence-corrected chi connectivity index (χ2v) is 7.42. The van der Waals surface area contributed by atoms with Gasteiger partial charge in [0.25, 0.3) is 5.56 Å². The predicted octanol–water partition coefficient (Wildman–Crippen LogP) is 4.25. The normalized spacial score (nSPS) is 12.6. The molecule has 6 nitrogen and oxygen atoms in total. The number of nitrogens with one attached hydrogen (secondary N) is 2. The van der Waals surface area contributed by atoms with Crippen LogP contribution in [0.15, 0.2) is 41.3 Å². The van der Waals surface area contributed by atoms with Gasteiger partial charge in [0.15, 0.2) is 0 Å². The van der Waals surface area contributed by atoms with Crippen LogP contribution in [0.5, 0.6) is 5.75 Å². The molecule has 28 heavy (non-hydrogen) atoms. The minimum Gasteiger partial charge on any atom is -0.496 e. The molecule has 2 N–H and O–H groups in total. The van der Waals surface area contributed by atoms with E-state index in [0.29, 0.717) is 16.5 Å². The number of aromatic amines is 2. The molecule has 4 aromatic rings. The zero-order valence-electron chi connectivity index (χ0n) is 16.3. The van der Waals surface area contributed by atoms with E-state index in [0.717, 1.165) is 27.8 Å². The number of rotatable bonds is 4. The van der Waals surface area contributed by atoms with Crippen molar-refractivity contribution in [2.75, 3.05) is 7.11 Å². The smallest absolute Gasteiger partial charge is 0.275 e. The summed E-state index contributed by atoms with van der Waals surface area (Å²) in [5.41, 5.74) is 4.14. The van der Waals surface area contributed by atoms with Gasteiger partial charge in [0.2, 0.25) is 0 Å². The Morgan fingerprint density at radius 1 is 1.18 bits per heavy atom. The average molecular weight is 374 g/mol. The van der Waals surface area contributed by atoms with Gasteiger partial charge in [-0.2, -0.15) is 5.26 Å². The zero-order chi connectivity index (χ0) is 20.0. The molecule has 1 atom stereocenters. The van der Waals surface area contributed by atoms with Crippen molar-refractivity contribution in [3.05, 3.63) is 63.6 Å². The van der Waals surface area contributed by atoms with Crippen LogP contribution in [0.1, 0.15) is 36.6 Å². The lowest BCUT2D eigenvalue weighted by molar-refractivity contribution is 0.364. The number of hydrogen-bond donors (Lipinski definition) is 2. The Morgan fingerprint density at radius 2 is 1.96 bits per heavy atom. The van der Waals surface area contributed by atoms with Crippen molar-refractivity contribution < 1.29 is 4.74 Å². The van der Waals surface area contributed by atoms with Gasteiger partial charge in [-0.15, -0.1) is 0 Å². The van der Waals surface area contributed by atoms with Gasteiger partial charge >= 0.3 is 0 Å². The topological polar surface area (TPSA) is 86.6 Å². The van der Waals surface area contributed by atoms with Crippen LogP contribution in [0.25, 0.3) is 21.8 Å². The van der Waals surface area contributed by atoms with Gasteiger partial charge in [0, 0.05) is 22.7 Å². The van der Waals surface area contributed by atoms with Crippen LogP contribution in [-0.2, 0) is 0 Å². The Bertz CT molecular complexity index is 1280. The first-order chi connectivity index (χ1) is 13.5. The molecular formula is C22H22N4O2. The van der Waals surface area contributed by atoms with Crippen LogP contribution in [0.3, 0.4) is 0 Å². The van der Waals surface area contributed by atoms with Crippen LogP contribution in [-0.4, -0.2) is 21.9 Å². The van der Waals surface area contributed by atoms with Gasteiger partial charge in [0.05, 0.1) is 35.7 Å². The summed E-state index contributed by atoms with van der Waals surface area (Å²) in [5.74, 6) is 0.877. The lowest BCUT2D eigenvalue weighted by Crippen LogP contribution is -2.27. The molecule has 142 valence electrons. The predicted molar refractivity (Wildman–Crippen MR) is 110 cm³/mol. The first-order valence-electron chi connectivity index (χ1n) is 9.25. The average Bonchev–Trinajstić information content (AvgIpc) is 3.29. The van der Waals surface area contributed by atoms with Crippen molar-refractivity contribution in [1.29, 1.82) is 5.26 Å². The lowest BCUT2D eigenvalue weighted by atomic mass is 9.91. The maximum absolute atomic E-state index is 13.2. The Balaban J connectivity index is 2.04. The SMILES string of the molecule is COc1cc(C)c2[nH]ccc2c1C(C(C)C)n1[nH]c2ccc(C#N)cc2c1=O. The first-order valence-corrected chi connectivity index (χ1v) is 9.25. The molecule has 1 unspecified atom stereocenters. The number of nitrogens with zero attached hydrogens (tertiary/aromatic N) is 2. The summed E-state index contributed by atoms with van der Waals surface area (Å²) in [6, 6.07) is 11.0. The first kappa shape index (κ1) is 17.9. The molecule has 2 aromatic carbocycles. The third-order valence-corrected chi connectivity index (χ3v) is 5.31. The standard InChI is InChI=1S/C22H22N4O2/c1-12(2)21(19-15-7-8-24-20(15)13(3)9-18(19)28-4)26-22(27)16-10-14(11-23)5-6-17(16)25-26/h5-10,12,21,24-25H,1-4H3. The molecule has 0 aliphatic rings. The van der Waals surface area contributed by atoms with E-state index < -0.39 is 0 Å². The highest BCUT2D eigenvalue weighted by Crippen LogP contribution is 2.39. The number of nitriles is 1. The molecule has 0 aliphatic heterocycles. The van der Waals surface area contributed by atoms with Crippen LogP contribution >= 0.6 is 0 Å². The van der Waals surface area contributed by atoms with Crippen molar-refractivity contribution in [3.63, 3.8) is 0 Å². The third-order valence-electron chi connectivity index (χ3n) is 5.31. The number of H-pyrrole nitrogens is 2. The molecule has 0 amide bonds. The molecule has 0 bridgehead atoms. The van der Waals surface area contributed by atoms with Crippen LogP contribution < -0.4 is 10.3 Å². The van der Waals surface area contributed by atoms with E-state index in [2.05, 4.69) is 30.0 Å². The Labute approximate surface area is 162 Å². The number of methoxy groups -OCH3 is 1. The van der Waals surface area contributed by atoms with Gasteiger partial charge in [0.1, 0.15) is 5.75 Å². The van der Waals surface area contributed by atoms with E-state index in [1.54, 1.807) is 30.0 Å². The number of hydrogen-bond acceptors (Lipinski definition) is 3.